The lowest BCUT2D eigenvalue weighted by Crippen LogP contribution is -2.30. The average molecular weight is 275 g/mol. The smallest absolute Gasteiger partial charge is 0.306 e. The quantitative estimate of drug-likeness (QED) is 0.887. The topological polar surface area (TPSA) is 66.4 Å². The Hall–Kier alpha value is -1.84. The summed E-state index contributed by atoms with van der Waals surface area (Å²) in [6.07, 6.45) is 3.65. The van der Waals surface area contributed by atoms with Crippen molar-refractivity contribution in [3.63, 3.8) is 0 Å². The maximum absolute atomic E-state index is 12.2. The third kappa shape index (κ3) is 3.59. The molecule has 0 spiro atoms. The molecule has 1 aromatic rings. The van der Waals surface area contributed by atoms with Gasteiger partial charge in [-0.05, 0) is 43.4 Å². The molecule has 4 heteroatoms. The van der Waals surface area contributed by atoms with E-state index in [0.717, 1.165) is 24.9 Å². The first-order valence-corrected chi connectivity index (χ1v) is 7.22. The molecular weight excluding hydrogens is 254 g/mol. The van der Waals surface area contributed by atoms with E-state index in [0.29, 0.717) is 12.8 Å². The molecule has 1 aliphatic carbocycles. The number of aliphatic carboxylic acids is 1. The fraction of sp³-hybridized carbons (Fsp3) is 0.500. The van der Waals surface area contributed by atoms with Gasteiger partial charge in [0.15, 0.2) is 0 Å². The molecule has 1 aliphatic rings. The highest BCUT2D eigenvalue weighted by Gasteiger charge is 2.30. The zero-order valence-corrected chi connectivity index (χ0v) is 11.8. The standard InChI is InChI=1S/C16H21NO3/c1-2-11-5-3-8-14(9-11)17-15(18)12-6-4-7-13(10-12)16(19)20/h3,5,8-9,12-13H,2,4,6-7,10H2,1H3,(H,17,18)(H,19,20). The summed E-state index contributed by atoms with van der Waals surface area (Å²) in [6.45, 7) is 2.07. The second kappa shape index (κ2) is 6.55. The Morgan fingerprint density at radius 3 is 2.75 bits per heavy atom. The van der Waals surface area contributed by atoms with Crippen LogP contribution in [0.25, 0.3) is 0 Å². The highest BCUT2D eigenvalue weighted by molar-refractivity contribution is 5.93. The van der Waals surface area contributed by atoms with Gasteiger partial charge in [0.05, 0.1) is 5.92 Å². The van der Waals surface area contributed by atoms with Crippen LogP contribution in [0.5, 0.6) is 0 Å². The lowest BCUT2D eigenvalue weighted by Gasteiger charge is -2.25. The SMILES string of the molecule is CCc1cccc(NC(=O)C2CCCC(C(=O)O)C2)c1. The number of carbonyl (C=O) groups excluding carboxylic acids is 1. The second-order valence-electron chi connectivity index (χ2n) is 5.44. The second-order valence-corrected chi connectivity index (χ2v) is 5.44. The summed E-state index contributed by atoms with van der Waals surface area (Å²) in [7, 11) is 0. The predicted molar refractivity (Wildman–Crippen MR) is 77.5 cm³/mol. The van der Waals surface area contributed by atoms with Gasteiger partial charge in [0.1, 0.15) is 0 Å². The van der Waals surface area contributed by atoms with Crippen molar-refractivity contribution >= 4 is 17.6 Å². The molecule has 2 atom stereocenters. The van der Waals surface area contributed by atoms with Crippen molar-refractivity contribution in [3.8, 4) is 0 Å². The molecule has 20 heavy (non-hydrogen) atoms. The number of anilines is 1. The summed E-state index contributed by atoms with van der Waals surface area (Å²) >= 11 is 0. The number of nitrogens with one attached hydrogen (secondary N) is 1. The summed E-state index contributed by atoms with van der Waals surface area (Å²) in [6, 6.07) is 7.79. The van der Waals surface area contributed by atoms with Crippen LogP contribution < -0.4 is 5.32 Å². The molecule has 1 saturated carbocycles. The predicted octanol–water partition coefficient (Wildman–Crippen LogP) is 3.08. The summed E-state index contributed by atoms with van der Waals surface area (Å²) < 4.78 is 0. The maximum Gasteiger partial charge on any atom is 0.306 e. The highest BCUT2D eigenvalue weighted by Crippen LogP contribution is 2.30. The van der Waals surface area contributed by atoms with Crippen LogP contribution in [0.15, 0.2) is 24.3 Å². The van der Waals surface area contributed by atoms with Crippen molar-refractivity contribution in [2.24, 2.45) is 11.8 Å². The summed E-state index contributed by atoms with van der Waals surface area (Å²) in [4.78, 5) is 23.3. The number of hydrogen-bond acceptors (Lipinski definition) is 2. The zero-order chi connectivity index (χ0) is 14.5. The number of rotatable bonds is 4. The average Bonchev–Trinajstić information content (AvgIpc) is 2.47. The molecule has 1 aromatic carbocycles. The highest BCUT2D eigenvalue weighted by atomic mass is 16.4. The van der Waals surface area contributed by atoms with Gasteiger partial charge in [-0.15, -0.1) is 0 Å². The molecule has 2 N–H and O–H groups in total. The first-order chi connectivity index (χ1) is 9.60. The molecule has 0 aromatic heterocycles. The first kappa shape index (κ1) is 14.6. The molecule has 0 saturated heterocycles. The largest absolute Gasteiger partial charge is 0.481 e. The van der Waals surface area contributed by atoms with E-state index in [2.05, 4.69) is 12.2 Å². The van der Waals surface area contributed by atoms with Crippen molar-refractivity contribution < 1.29 is 14.7 Å². The van der Waals surface area contributed by atoms with Crippen molar-refractivity contribution in [3.05, 3.63) is 29.8 Å². The third-order valence-corrected chi connectivity index (χ3v) is 4.00. The van der Waals surface area contributed by atoms with Crippen LogP contribution in [-0.2, 0) is 16.0 Å². The number of hydrogen-bond donors (Lipinski definition) is 2. The fourth-order valence-corrected chi connectivity index (χ4v) is 2.77. The summed E-state index contributed by atoms with van der Waals surface area (Å²) in [5.41, 5.74) is 1.97. The van der Waals surface area contributed by atoms with Crippen molar-refractivity contribution in [2.45, 2.75) is 39.0 Å². The van der Waals surface area contributed by atoms with Crippen LogP contribution in [0.4, 0.5) is 5.69 Å². The van der Waals surface area contributed by atoms with Gasteiger partial charge in [0, 0.05) is 11.6 Å². The molecule has 0 bridgehead atoms. The molecule has 2 unspecified atom stereocenters. The van der Waals surface area contributed by atoms with Gasteiger partial charge in [-0.25, -0.2) is 0 Å². The Bertz CT molecular complexity index is 498. The van der Waals surface area contributed by atoms with E-state index in [-0.39, 0.29) is 17.7 Å². The maximum atomic E-state index is 12.2. The van der Waals surface area contributed by atoms with Crippen molar-refractivity contribution in [1.82, 2.24) is 0 Å². The Balaban J connectivity index is 1.98. The number of carboxylic acids is 1. The van der Waals surface area contributed by atoms with E-state index in [1.165, 1.54) is 5.56 Å². The summed E-state index contributed by atoms with van der Waals surface area (Å²) in [5.74, 6) is -1.39. The molecular formula is C16H21NO3. The van der Waals surface area contributed by atoms with Gasteiger partial charge >= 0.3 is 5.97 Å². The van der Waals surface area contributed by atoms with Gasteiger partial charge in [0.2, 0.25) is 5.91 Å². The third-order valence-electron chi connectivity index (χ3n) is 4.00. The van der Waals surface area contributed by atoms with Gasteiger partial charge in [0.25, 0.3) is 0 Å². The minimum Gasteiger partial charge on any atom is -0.481 e. The molecule has 1 amide bonds. The van der Waals surface area contributed by atoms with Crippen LogP contribution in [0.3, 0.4) is 0 Å². The molecule has 0 heterocycles. The molecule has 108 valence electrons. The molecule has 0 aliphatic heterocycles. The fourth-order valence-electron chi connectivity index (χ4n) is 2.77. The monoisotopic (exact) mass is 275 g/mol. The van der Waals surface area contributed by atoms with E-state index < -0.39 is 5.97 Å². The van der Waals surface area contributed by atoms with E-state index in [1.54, 1.807) is 0 Å². The number of carboxylic acid groups (broad SMARTS) is 1. The lowest BCUT2D eigenvalue weighted by atomic mass is 9.81. The van der Waals surface area contributed by atoms with Crippen LogP contribution >= 0.6 is 0 Å². The van der Waals surface area contributed by atoms with Crippen LogP contribution in [0.2, 0.25) is 0 Å². The van der Waals surface area contributed by atoms with E-state index in [1.807, 2.05) is 24.3 Å². The zero-order valence-electron chi connectivity index (χ0n) is 11.8. The van der Waals surface area contributed by atoms with Crippen LogP contribution in [-0.4, -0.2) is 17.0 Å². The van der Waals surface area contributed by atoms with Gasteiger partial charge < -0.3 is 10.4 Å². The van der Waals surface area contributed by atoms with Crippen molar-refractivity contribution in [2.75, 3.05) is 5.32 Å². The molecule has 0 radical (unpaired) electrons. The number of carbonyl (C=O) groups is 2. The first-order valence-electron chi connectivity index (χ1n) is 7.22. The van der Waals surface area contributed by atoms with E-state index in [9.17, 15) is 9.59 Å². The molecule has 4 nitrogen and oxygen atoms in total. The van der Waals surface area contributed by atoms with Gasteiger partial charge in [-0.1, -0.05) is 25.5 Å². The Kier molecular flexibility index (Phi) is 4.77. The Morgan fingerprint density at radius 1 is 1.30 bits per heavy atom. The van der Waals surface area contributed by atoms with Gasteiger partial charge in [-0.3, -0.25) is 9.59 Å². The van der Waals surface area contributed by atoms with Crippen LogP contribution in [0.1, 0.15) is 38.2 Å². The normalized spacial score (nSPS) is 22.2. The summed E-state index contributed by atoms with van der Waals surface area (Å²) in [5, 5.41) is 12.0. The molecule has 2 rings (SSSR count). The van der Waals surface area contributed by atoms with Crippen LogP contribution in [0, 0.1) is 11.8 Å². The molecule has 1 fully saturated rings. The number of aryl methyl sites for hydroxylation is 1. The number of benzene rings is 1. The number of amides is 1. The van der Waals surface area contributed by atoms with Crippen molar-refractivity contribution in [1.29, 1.82) is 0 Å². The van der Waals surface area contributed by atoms with Gasteiger partial charge in [-0.2, -0.15) is 0 Å². The minimum atomic E-state index is -0.782. The van der Waals surface area contributed by atoms with E-state index in [4.69, 9.17) is 5.11 Å². The minimum absolute atomic E-state index is 0.0517. The Labute approximate surface area is 119 Å². The van der Waals surface area contributed by atoms with E-state index >= 15 is 0 Å². The Morgan fingerprint density at radius 2 is 2.05 bits per heavy atom. The lowest BCUT2D eigenvalue weighted by molar-refractivity contribution is -0.143.